The Morgan fingerprint density at radius 2 is 1.67 bits per heavy atom. The largest absolute Gasteiger partial charge is 0.378 e. The number of rotatable bonds is 5. The Kier molecular flexibility index (Phi) is 5.18. The van der Waals surface area contributed by atoms with Gasteiger partial charge in [-0.15, -0.1) is 11.3 Å². The molecule has 6 heteroatoms. The molecule has 2 aromatic carbocycles. The minimum atomic E-state index is -0.339. The lowest BCUT2D eigenvalue weighted by atomic mass is 10.1. The molecular weight excluding hydrogens is 394 g/mol. The summed E-state index contributed by atoms with van der Waals surface area (Å²) in [7, 11) is 3.95. The molecule has 0 unspecified atom stereocenters. The Labute approximate surface area is 180 Å². The van der Waals surface area contributed by atoms with Gasteiger partial charge < -0.3 is 10.2 Å². The van der Waals surface area contributed by atoms with Gasteiger partial charge in [-0.25, -0.2) is 4.90 Å². The molecule has 0 bridgehead atoms. The van der Waals surface area contributed by atoms with Crippen molar-refractivity contribution in [1.82, 2.24) is 0 Å². The van der Waals surface area contributed by atoms with Crippen molar-refractivity contribution in [2.45, 2.75) is 13.8 Å². The second kappa shape index (κ2) is 7.80. The first-order valence-electron chi connectivity index (χ1n) is 9.65. The molecule has 0 radical (unpaired) electrons. The van der Waals surface area contributed by atoms with E-state index >= 15 is 0 Å². The number of aryl methyl sites for hydroxylation is 2. The Balaban J connectivity index is 1.77. The van der Waals surface area contributed by atoms with Crippen molar-refractivity contribution in [3.63, 3.8) is 0 Å². The zero-order valence-electron chi connectivity index (χ0n) is 17.4. The van der Waals surface area contributed by atoms with Crippen molar-refractivity contribution in [2.75, 3.05) is 29.2 Å². The SMILES string of the molecule is Cc1ccc(C)c(N2C(=O)C(Nc3ccc(N(C)C)cc3)=C(c3cccs3)C2=O)c1. The molecule has 1 N–H and O–H groups in total. The maximum atomic E-state index is 13.4. The van der Waals surface area contributed by atoms with Crippen molar-refractivity contribution >= 4 is 45.8 Å². The first-order valence-corrected chi connectivity index (χ1v) is 10.5. The molecule has 2 amide bonds. The van der Waals surface area contributed by atoms with Gasteiger partial charge in [-0.1, -0.05) is 18.2 Å². The van der Waals surface area contributed by atoms with Crippen LogP contribution >= 0.6 is 11.3 Å². The number of nitrogens with zero attached hydrogens (tertiary/aromatic N) is 2. The van der Waals surface area contributed by atoms with E-state index < -0.39 is 0 Å². The lowest BCUT2D eigenvalue weighted by molar-refractivity contribution is -0.120. The average molecular weight is 418 g/mol. The fraction of sp³-hybridized carbons (Fsp3) is 0.167. The highest BCUT2D eigenvalue weighted by Gasteiger charge is 2.41. The molecule has 152 valence electrons. The van der Waals surface area contributed by atoms with Gasteiger partial charge in [0.2, 0.25) is 0 Å². The summed E-state index contributed by atoms with van der Waals surface area (Å²) in [5.74, 6) is -0.641. The van der Waals surface area contributed by atoms with Crippen molar-refractivity contribution in [3.05, 3.63) is 81.7 Å². The third kappa shape index (κ3) is 3.50. The van der Waals surface area contributed by atoms with Crippen molar-refractivity contribution in [3.8, 4) is 0 Å². The highest BCUT2D eigenvalue weighted by Crippen LogP contribution is 2.37. The summed E-state index contributed by atoms with van der Waals surface area (Å²) in [6.07, 6.45) is 0. The Hall–Kier alpha value is -3.38. The van der Waals surface area contributed by atoms with Crippen LogP contribution in [0.25, 0.3) is 5.57 Å². The van der Waals surface area contributed by atoms with E-state index in [4.69, 9.17) is 0 Å². The van der Waals surface area contributed by atoms with Gasteiger partial charge in [-0.3, -0.25) is 9.59 Å². The van der Waals surface area contributed by atoms with E-state index in [1.807, 2.05) is 92.8 Å². The van der Waals surface area contributed by atoms with Crippen LogP contribution < -0.4 is 15.1 Å². The van der Waals surface area contributed by atoms with Gasteiger partial charge in [0.15, 0.2) is 0 Å². The van der Waals surface area contributed by atoms with Crippen LogP contribution in [0.15, 0.2) is 65.7 Å². The second-order valence-corrected chi connectivity index (χ2v) is 8.48. The normalized spacial score (nSPS) is 13.9. The zero-order valence-corrected chi connectivity index (χ0v) is 18.2. The third-order valence-corrected chi connectivity index (χ3v) is 6.00. The molecule has 1 aromatic heterocycles. The van der Waals surface area contributed by atoms with Crippen LogP contribution in [0.2, 0.25) is 0 Å². The smallest absolute Gasteiger partial charge is 0.282 e. The first kappa shape index (κ1) is 19.9. The monoisotopic (exact) mass is 417 g/mol. The number of carbonyl (C=O) groups is 2. The van der Waals surface area contributed by atoms with Gasteiger partial charge in [-0.05, 0) is 66.8 Å². The quantitative estimate of drug-likeness (QED) is 0.605. The Morgan fingerprint density at radius 1 is 0.933 bits per heavy atom. The number of imide groups is 1. The topological polar surface area (TPSA) is 52.7 Å². The maximum absolute atomic E-state index is 13.4. The lowest BCUT2D eigenvalue weighted by Gasteiger charge is -2.18. The molecule has 4 rings (SSSR count). The van der Waals surface area contributed by atoms with E-state index in [1.54, 1.807) is 0 Å². The number of thiophene rings is 1. The number of carbonyl (C=O) groups excluding carboxylic acids is 2. The summed E-state index contributed by atoms with van der Waals surface area (Å²) < 4.78 is 0. The second-order valence-electron chi connectivity index (χ2n) is 7.53. The van der Waals surface area contributed by atoms with Gasteiger partial charge in [0, 0.05) is 30.3 Å². The molecule has 1 aliphatic heterocycles. The molecule has 0 saturated carbocycles. The van der Waals surface area contributed by atoms with Crippen LogP contribution in [0.1, 0.15) is 16.0 Å². The van der Waals surface area contributed by atoms with Crippen LogP contribution in [0.3, 0.4) is 0 Å². The number of hydrogen-bond acceptors (Lipinski definition) is 5. The number of amides is 2. The van der Waals surface area contributed by atoms with Crippen LogP contribution in [0.5, 0.6) is 0 Å². The van der Waals surface area contributed by atoms with Crippen LogP contribution in [0, 0.1) is 13.8 Å². The van der Waals surface area contributed by atoms with Crippen molar-refractivity contribution < 1.29 is 9.59 Å². The molecule has 3 aromatic rings. The maximum Gasteiger partial charge on any atom is 0.282 e. The molecule has 0 spiro atoms. The zero-order chi connectivity index (χ0) is 21.4. The van der Waals surface area contributed by atoms with Gasteiger partial charge in [0.05, 0.1) is 11.3 Å². The molecule has 2 heterocycles. The highest BCUT2D eigenvalue weighted by molar-refractivity contribution is 7.11. The minimum Gasteiger partial charge on any atom is -0.378 e. The minimum absolute atomic E-state index is 0.302. The first-order chi connectivity index (χ1) is 14.4. The molecular formula is C24H23N3O2S. The molecule has 0 aliphatic carbocycles. The lowest BCUT2D eigenvalue weighted by Crippen LogP contribution is -2.33. The third-order valence-electron chi connectivity index (χ3n) is 5.11. The summed E-state index contributed by atoms with van der Waals surface area (Å²) >= 11 is 1.45. The summed E-state index contributed by atoms with van der Waals surface area (Å²) in [5.41, 5.74) is 5.03. The fourth-order valence-corrected chi connectivity index (χ4v) is 4.23. The van der Waals surface area contributed by atoms with E-state index in [9.17, 15) is 9.59 Å². The van der Waals surface area contributed by atoms with Crippen LogP contribution in [-0.2, 0) is 9.59 Å². The van der Waals surface area contributed by atoms with E-state index in [2.05, 4.69) is 5.32 Å². The van der Waals surface area contributed by atoms with Gasteiger partial charge in [-0.2, -0.15) is 0 Å². The van der Waals surface area contributed by atoms with Gasteiger partial charge in [0.1, 0.15) is 5.70 Å². The average Bonchev–Trinajstić information content (AvgIpc) is 3.32. The Bertz CT molecular complexity index is 1150. The molecule has 30 heavy (non-hydrogen) atoms. The van der Waals surface area contributed by atoms with E-state index in [1.165, 1.54) is 16.2 Å². The van der Waals surface area contributed by atoms with E-state index in [0.717, 1.165) is 27.4 Å². The van der Waals surface area contributed by atoms with Gasteiger partial charge >= 0.3 is 0 Å². The van der Waals surface area contributed by atoms with Gasteiger partial charge in [0.25, 0.3) is 11.8 Å². The van der Waals surface area contributed by atoms with E-state index in [0.29, 0.717) is 17.0 Å². The van der Waals surface area contributed by atoms with Crippen LogP contribution in [-0.4, -0.2) is 25.9 Å². The highest BCUT2D eigenvalue weighted by atomic mass is 32.1. The number of anilines is 3. The molecule has 0 saturated heterocycles. The van der Waals surface area contributed by atoms with Crippen LogP contribution in [0.4, 0.5) is 17.1 Å². The molecule has 0 fully saturated rings. The standard InChI is InChI=1S/C24H23N3O2S/c1-15-7-8-16(2)19(14-15)27-23(28)21(20-6-5-13-30-20)22(24(27)29)25-17-9-11-18(12-10-17)26(3)4/h5-14,25H,1-4H3. The predicted octanol–water partition coefficient (Wildman–Crippen LogP) is 4.83. The predicted molar refractivity (Wildman–Crippen MR) is 124 cm³/mol. The summed E-state index contributed by atoms with van der Waals surface area (Å²) in [5, 5.41) is 5.12. The summed E-state index contributed by atoms with van der Waals surface area (Å²) in [6.45, 7) is 3.86. The fourth-order valence-electron chi connectivity index (χ4n) is 3.46. The number of hydrogen-bond donors (Lipinski definition) is 1. The van der Waals surface area contributed by atoms with E-state index in [-0.39, 0.29) is 11.8 Å². The summed E-state index contributed by atoms with van der Waals surface area (Å²) in [4.78, 5) is 30.9. The Morgan fingerprint density at radius 3 is 2.30 bits per heavy atom. The van der Waals surface area contributed by atoms with Crippen molar-refractivity contribution in [1.29, 1.82) is 0 Å². The molecule has 0 atom stereocenters. The van der Waals surface area contributed by atoms with Crippen molar-refractivity contribution in [2.24, 2.45) is 0 Å². The number of nitrogens with one attached hydrogen (secondary N) is 1. The number of benzene rings is 2. The molecule has 5 nitrogen and oxygen atoms in total. The molecule has 1 aliphatic rings. The summed E-state index contributed by atoms with van der Waals surface area (Å²) in [6, 6.07) is 17.3.